The van der Waals surface area contributed by atoms with Gasteiger partial charge in [-0.05, 0) is 105 Å². The number of halogens is 2. The minimum atomic E-state index is -2.73. The number of nitrogens with zero attached hydrogens (tertiary/aromatic N) is 1. The molecule has 1 aliphatic rings. The SMILES string of the molecule is C=CCCc1ccc(Cc2cccc(N(/C=C/CC/C=C\C)CCC3=CC=C(C(C)(F)F)CC3)c2)cc1C. The maximum Gasteiger partial charge on any atom is 0.266 e. The maximum atomic E-state index is 13.7. The molecule has 0 aromatic heterocycles. The van der Waals surface area contributed by atoms with Crippen molar-refractivity contribution in [1.82, 2.24) is 0 Å². The van der Waals surface area contributed by atoms with Crippen LogP contribution in [0.25, 0.3) is 0 Å². The van der Waals surface area contributed by atoms with Crippen molar-refractivity contribution in [1.29, 1.82) is 0 Å². The zero-order valence-corrected chi connectivity index (χ0v) is 23.4. The lowest BCUT2D eigenvalue weighted by Gasteiger charge is -2.24. The predicted octanol–water partition coefficient (Wildman–Crippen LogP) is 10.1. The molecule has 0 fully saturated rings. The van der Waals surface area contributed by atoms with Crippen LogP contribution in [0.5, 0.6) is 0 Å². The minimum Gasteiger partial charge on any atom is -0.348 e. The van der Waals surface area contributed by atoms with Gasteiger partial charge in [0.15, 0.2) is 0 Å². The topological polar surface area (TPSA) is 3.24 Å². The second-order valence-corrected chi connectivity index (χ2v) is 10.3. The van der Waals surface area contributed by atoms with Gasteiger partial charge in [0.25, 0.3) is 5.92 Å². The molecular formula is C35H43F2N. The summed E-state index contributed by atoms with van der Waals surface area (Å²) in [6, 6.07) is 15.6. The lowest BCUT2D eigenvalue weighted by Crippen LogP contribution is -2.19. The molecule has 0 saturated heterocycles. The van der Waals surface area contributed by atoms with Gasteiger partial charge in [0, 0.05) is 25.4 Å². The molecule has 1 aliphatic carbocycles. The van der Waals surface area contributed by atoms with E-state index in [1.165, 1.54) is 27.8 Å². The fourth-order valence-electron chi connectivity index (χ4n) is 4.86. The van der Waals surface area contributed by atoms with Gasteiger partial charge in [0.2, 0.25) is 0 Å². The number of hydrogen-bond acceptors (Lipinski definition) is 1. The van der Waals surface area contributed by atoms with E-state index in [-0.39, 0.29) is 5.57 Å². The van der Waals surface area contributed by atoms with Crippen molar-refractivity contribution in [2.24, 2.45) is 0 Å². The molecule has 2 aromatic rings. The van der Waals surface area contributed by atoms with Crippen LogP contribution in [0.2, 0.25) is 0 Å². The van der Waals surface area contributed by atoms with Crippen LogP contribution in [0.3, 0.4) is 0 Å². The molecule has 0 heterocycles. The largest absolute Gasteiger partial charge is 0.348 e. The third kappa shape index (κ3) is 9.28. The molecule has 0 aliphatic heterocycles. The van der Waals surface area contributed by atoms with Crippen LogP contribution >= 0.6 is 0 Å². The molecule has 38 heavy (non-hydrogen) atoms. The molecule has 0 amide bonds. The van der Waals surface area contributed by atoms with Crippen molar-refractivity contribution in [2.75, 3.05) is 11.4 Å². The van der Waals surface area contributed by atoms with Gasteiger partial charge < -0.3 is 4.90 Å². The van der Waals surface area contributed by atoms with E-state index in [0.29, 0.717) is 12.8 Å². The Kier molecular flexibility index (Phi) is 11.3. The van der Waals surface area contributed by atoms with Crippen molar-refractivity contribution in [2.45, 2.75) is 78.1 Å². The molecule has 0 spiro atoms. The van der Waals surface area contributed by atoms with E-state index >= 15 is 0 Å². The zero-order valence-electron chi connectivity index (χ0n) is 23.4. The normalized spacial score (nSPS) is 14.1. The van der Waals surface area contributed by atoms with Crippen LogP contribution in [-0.4, -0.2) is 12.5 Å². The number of rotatable bonds is 14. The first-order chi connectivity index (χ1) is 18.3. The van der Waals surface area contributed by atoms with E-state index in [0.717, 1.165) is 57.7 Å². The van der Waals surface area contributed by atoms with Gasteiger partial charge >= 0.3 is 0 Å². The second-order valence-electron chi connectivity index (χ2n) is 10.3. The van der Waals surface area contributed by atoms with E-state index in [4.69, 9.17) is 0 Å². The number of unbranched alkanes of at least 4 members (excludes halogenated alkanes) is 1. The summed E-state index contributed by atoms with van der Waals surface area (Å²) in [5.41, 5.74) is 7.95. The Bertz CT molecular complexity index is 1180. The first kappa shape index (κ1) is 29.4. The van der Waals surface area contributed by atoms with Gasteiger partial charge in [-0.1, -0.05) is 72.4 Å². The van der Waals surface area contributed by atoms with Gasteiger partial charge in [-0.15, -0.1) is 6.58 Å². The smallest absolute Gasteiger partial charge is 0.266 e. The summed E-state index contributed by atoms with van der Waals surface area (Å²) in [6.45, 7) is 9.89. The molecule has 0 radical (unpaired) electrons. The number of hydrogen-bond donors (Lipinski definition) is 0. The van der Waals surface area contributed by atoms with Crippen molar-refractivity contribution < 1.29 is 8.78 Å². The number of aryl methyl sites for hydroxylation is 2. The van der Waals surface area contributed by atoms with Gasteiger partial charge in [-0.3, -0.25) is 0 Å². The standard InChI is InChI=1S/C35H43F2N/c1-5-7-9-10-11-23-38(24-22-29-17-20-33(21-18-29)35(4,36)37)34-15-12-13-30(27-34)26-31-16-19-32(14-8-6-2)28(3)25-31/h5-7,11-13,15-17,19-20,23,25,27H,2,8-10,14,18,21-22,24,26H2,1,3-4H3/b7-5-,23-11+. The Balaban J connectivity index is 1.74. The van der Waals surface area contributed by atoms with Gasteiger partial charge in [0.1, 0.15) is 0 Å². The first-order valence-electron chi connectivity index (χ1n) is 13.9. The van der Waals surface area contributed by atoms with Crippen LogP contribution in [0.15, 0.2) is 103 Å². The summed E-state index contributed by atoms with van der Waals surface area (Å²) in [6.07, 6.45) is 21.1. The summed E-state index contributed by atoms with van der Waals surface area (Å²) in [5.74, 6) is -2.73. The molecule has 0 unspecified atom stereocenters. The van der Waals surface area contributed by atoms with E-state index < -0.39 is 5.92 Å². The molecule has 0 atom stereocenters. The highest BCUT2D eigenvalue weighted by Crippen LogP contribution is 2.32. The van der Waals surface area contributed by atoms with Gasteiger partial charge in [0.05, 0.1) is 0 Å². The molecule has 3 heteroatoms. The molecule has 0 N–H and O–H groups in total. The Morgan fingerprint density at radius 3 is 2.42 bits per heavy atom. The van der Waals surface area contributed by atoms with Crippen LogP contribution < -0.4 is 4.90 Å². The number of allylic oxidation sites excluding steroid dienone is 7. The predicted molar refractivity (Wildman–Crippen MR) is 160 cm³/mol. The Labute approximate surface area is 229 Å². The summed E-state index contributed by atoms with van der Waals surface area (Å²) < 4.78 is 27.3. The molecule has 0 saturated carbocycles. The monoisotopic (exact) mass is 515 g/mol. The zero-order chi connectivity index (χ0) is 27.4. The molecule has 3 rings (SSSR count). The summed E-state index contributed by atoms with van der Waals surface area (Å²) in [5, 5.41) is 0. The van der Waals surface area contributed by atoms with Crippen LogP contribution in [0.4, 0.5) is 14.5 Å². The lowest BCUT2D eigenvalue weighted by molar-refractivity contribution is 0.0593. The van der Waals surface area contributed by atoms with Crippen LogP contribution in [0, 0.1) is 6.92 Å². The fourth-order valence-corrected chi connectivity index (χ4v) is 4.86. The van der Waals surface area contributed by atoms with Crippen molar-refractivity contribution in [3.05, 3.63) is 125 Å². The Morgan fingerprint density at radius 2 is 1.74 bits per heavy atom. The third-order valence-electron chi connectivity index (χ3n) is 7.17. The highest BCUT2D eigenvalue weighted by molar-refractivity contribution is 5.52. The maximum absolute atomic E-state index is 13.7. The molecule has 0 bridgehead atoms. The van der Waals surface area contributed by atoms with Crippen molar-refractivity contribution >= 4 is 5.69 Å². The van der Waals surface area contributed by atoms with E-state index in [1.54, 1.807) is 6.08 Å². The van der Waals surface area contributed by atoms with Crippen molar-refractivity contribution in [3.63, 3.8) is 0 Å². The van der Waals surface area contributed by atoms with Crippen molar-refractivity contribution in [3.8, 4) is 0 Å². The average molecular weight is 516 g/mol. The Hall–Kier alpha value is -3.20. The Morgan fingerprint density at radius 1 is 0.947 bits per heavy atom. The first-order valence-corrected chi connectivity index (χ1v) is 13.9. The van der Waals surface area contributed by atoms with E-state index in [1.807, 2.05) is 19.1 Å². The van der Waals surface area contributed by atoms with Gasteiger partial charge in [-0.2, -0.15) is 0 Å². The lowest BCUT2D eigenvalue weighted by atomic mass is 9.93. The van der Waals surface area contributed by atoms with Crippen LogP contribution in [0.1, 0.15) is 74.6 Å². The molecule has 2 aromatic carbocycles. The highest BCUT2D eigenvalue weighted by Gasteiger charge is 2.28. The molecule has 1 nitrogen and oxygen atoms in total. The summed E-state index contributed by atoms with van der Waals surface area (Å²) in [7, 11) is 0. The van der Waals surface area contributed by atoms with Crippen LogP contribution in [-0.2, 0) is 12.8 Å². The van der Waals surface area contributed by atoms with E-state index in [9.17, 15) is 8.78 Å². The second kappa shape index (κ2) is 14.7. The molecular weight excluding hydrogens is 472 g/mol. The third-order valence-corrected chi connectivity index (χ3v) is 7.17. The average Bonchev–Trinajstić information content (AvgIpc) is 2.90. The fraction of sp³-hybridized carbons (Fsp3) is 0.371. The summed E-state index contributed by atoms with van der Waals surface area (Å²) in [4.78, 5) is 2.30. The highest BCUT2D eigenvalue weighted by atomic mass is 19.3. The quantitative estimate of drug-likeness (QED) is 0.179. The number of benzene rings is 2. The van der Waals surface area contributed by atoms with Gasteiger partial charge in [-0.25, -0.2) is 8.78 Å². The minimum absolute atomic E-state index is 0.235. The summed E-state index contributed by atoms with van der Waals surface area (Å²) >= 11 is 0. The molecule has 202 valence electrons. The number of alkyl halides is 2. The number of anilines is 1. The van der Waals surface area contributed by atoms with E-state index in [2.05, 4.69) is 85.3 Å².